The largest absolute Gasteiger partial charge is 0.0625 e. The third-order valence-electron chi connectivity index (χ3n) is 5.67. The molecule has 2 fully saturated rings. The average Bonchev–Trinajstić information content (AvgIpc) is 2.34. The Hall–Kier alpha value is 0. The maximum absolute atomic E-state index is 2.55. The van der Waals surface area contributed by atoms with Crippen molar-refractivity contribution in [1.82, 2.24) is 0 Å². The van der Waals surface area contributed by atoms with Crippen LogP contribution in [-0.2, 0) is 0 Å². The normalized spacial score (nSPS) is 47.5. The van der Waals surface area contributed by atoms with Crippen LogP contribution in [-0.4, -0.2) is 0 Å². The van der Waals surface area contributed by atoms with Crippen LogP contribution in [0.3, 0.4) is 0 Å². The van der Waals surface area contributed by atoms with Crippen molar-refractivity contribution in [3.05, 3.63) is 0 Å². The molecule has 2 aliphatic carbocycles. The summed E-state index contributed by atoms with van der Waals surface area (Å²) in [7, 11) is 0. The maximum Gasteiger partial charge on any atom is -0.0241 e. The van der Waals surface area contributed by atoms with Crippen molar-refractivity contribution >= 4 is 0 Å². The lowest BCUT2D eigenvalue weighted by atomic mass is 9.64. The highest BCUT2D eigenvalue weighted by Crippen LogP contribution is 2.69. The molecular weight excluding hydrogens is 156 g/mol. The van der Waals surface area contributed by atoms with E-state index in [-0.39, 0.29) is 0 Å². The molecule has 0 aromatic heterocycles. The molecule has 0 aromatic carbocycles. The van der Waals surface area contributed by atoms with Gasteiger partial charge in [-0.15, -0.1) is 0 Å². The molecule has 76 valence electrons. The molecule has 2 saturated carbocycles. The van der Waals surface area contributed by atoms with E-state index in [0.717, 1.165) is 17.8 Å². The highest BCUT2D eigenvalue weighted by Gasteiger charge is 2.61. The Morgan fingerprint density at radius 3 is 2.00 bits per heavy atom. The van der Waals surface area contributed by atoms with Gasteiger partial charge in [0.1, 0.15) is 0 Å². The molecule has 0 saturated heterocycles. The molecule has 2 aliphatic rings. The van der Waals surface area contributed by atoms with Gasteiger partial charge in [0.2, 0.25) is 0 Å². The van der Waals surface area contributed by atoms with Gasteiger partial charge in [0.15, 0.2) is 0 Å². The second-order valence-corrected chi connectivity index (χ2v) is 6.46. The van der Waals surface area contributed by atoms with E-state index >= 15 is 0 Å². The molecule has 0 N–H and O–H groups in total. The number of rotatable bonds is 1. The zero-order valence-corrected chi connectivity index (χ0v) is 9.85. The van der Waals surface area contributed by atoms with Gasteiger partial charge < -0.3 is 0 Å². The van der Waals surface area contributed by atoms with Crippen LogP contribution in [0.2, 0.25) is 0 Å². The van der Waals surface area contributed by atoms with Gasteiger partial charge in [0.25, 0.3) is 0 Å². The summed E-state index contributed by atoms with van der Waals surface area (Å²) in [5.41, 5.74) is 1.26. The van der Waals surface area contributed by atoms with Crippen molar-refractivity contribution in [3.63, 3.8) is 0 Å². The van der Waals surface area contributed by atoms with Crippen LogP contribution >= 0.6 is 0 Å². The molecular formula is C13H24. The molecule has 3 atom stereocenters. The Labute approximate surface area is 83.1 Å². The van der Waals surface area contributed by atoms with Crippen LogP contribution < -0.4 is 0 Å². The zero-order chi connectivity index (χ0) is 9.85. The van der Waals surface area contributed by atoms with E-state index in [9.17, 15) is 0 Å². The van der Waals surface area contributed by atoms with E-state index in [4.69, 9.17) is 0 Å². The molecule has 0 unspecified atom stereocenters. The smallest absolute Gasteiger partial charge is 0.0241 e. The summed E-state index contributed by atoms with van der Waals surface area (Å²) in [5, 5.41) is 0. The summed E-state index contributed by atoms with van der Waals surface area (Å²) < 4.78 is 0. The molecule has 0 aromatic rings. The first-order valence-electron chi connectivity index (χ1n) is 5.89. The summed E-state index contributed by atoms with van der Waals surface area (Å²) in [4.78, 5) is 0. The summed E-state index contributed by atoms with van der Waals surface area (Å²) in [6, 6.07) is 0. The second kappa shape index (κ2) is 2.52. The van der Waals surface area contributed by atoms with Crippen molar-refractivity contribution < 1.29 is 0 Å². The minimum Gasteiger partial charge on any atom is -0.0625 e. The number of fused-ring (bicyclic) bond motifs is 2. The average molecular weight is 180 g/mol. The Kier molecular flexibility index (Phi) is 1.85. The Morgan fingerprint density at radius 1 is 1.15 bits per heavy atom. The minimum absolute atomic E-state index is 0.613. The lowest BCUT2D eigenvalue weighted by Crippen LogP contribution is -2.34. The summed E-state index contributed by atoms with van der Waals surface area (Å²) in [5.74, 6) is 2.89. The van der Waals surface area contributed by atoms with E-state index < -0.39 is 0 Å². The van der Waals surface area contributed by atoms with Gasteiger partial charge in [-0.3, -0.25) is 0 Å². The first-order chi connectivity index (χ1) is 5.89. The quantitative estimate of drug-likeness (QED) is 0.570. The van der Waals surface area contributed by atoms with Gasteiger partial charge in [-0.25, -0.2) is 0 Å². The van der Waals surface area contributed by atoms with Crippen molar-refractivity contribution in [2.75, 3.05) is 0 Å². The Balaban J connectivity index is 2.33. The molecule has 2 bridgehead atoms. The summed E-state index contributed by atoms with van der Waals surface area (Å²) >= 11 is 0. The summed E-state index contributed by atoms with van der Waals surface area (Å²) in [6.07, 6.45) is 4.47. The monoisotopic (exact) mass is 180 g/mol. The Bertz CT molecular complexity index is 214. The van der Waals surface area contributed by atoms with Gasteiger partial charge in [-0.2, -0.15) is 0 Å². The second-order valence-electron chi connectivity index (χ2n) is 6.46. The highest BCUT2D eigenvalue weighted by atomic mass is 14.7. The van der Waals surface area contributed by atoms with Gasteiger partial charge in [0.05, 0.1) is 0 Å². The molecule has 0 nitrogen and oxygen atoms in total. The first kappa shape index (κ1) is 9.55. The third kappa shape index (κ3) is 0.980. The predicted octanol–water partition coefficient (Wildman–Crippen LogP) is 4.10. The van der Waals surface area contributed by atoms with Crippen LogP contribution in [0.5, 0.6) is 0 Å². The van der Waals surface area contributed by atoms with Gasteiger partial charge in [0, 0.05) is 0 Å². The fraction of sp³-hybridized carbons (Fsp3) is 1.00. The molecule has 0 heteroatoms. The van der Waals surface area contributed by atoms with Crippen LogP contribution in [0.15, 0.2) is 0 Å². The van der Waals surface area contributed by atoms with Gasteiger partial charge in [-0.05, 0) is 47.8 Å². The van der Waals surface area contributed by atoms with Gasteiger partial charge in [-0.1, -0.05) is 34.6 Å². The Morgan fingerprint density at radius 2 is 1.77 bits per heavy atom. The molecule has 13 heavy (non-hydrogen) atoms. The lowest BCUT2D eigenvalue weighted by Gasteiger charge is -2.41. The van der Waals surface area contributed by atoms with E-state index in [0.29, 0.717) is 10.8 Å². The van der Waals surface area contributed by atoms with Crippen molar-refractivity contribution in [2.45, 2.75) is 53.9 Å². The summed E-state index contributed by atoms with van der Waals surface area (Å²) in [6.45, 7) is 12.4. The van der Waals surface area contributed by atoms with Gasteiger partial charge >= 0.3 is 0 Å². The lowest BCUT2D eigenvalue weighted by molar-refractivity contribution is 0.0766. The SMILES string of the molecule is CC(C)[C@H]1C[C@H]2CC[C@]1(C)C2(C)C. The van der Waals surface area contributed by atoms with E-state index in [1.807, 2.05) is 0 Å². The first-order valence-corrected chi connectivity index (χ1v) is 5.89. The van der Waals surface area contributed by atoms with E-state index in [1.54, 1.807) is 0 Å². The molecule has 0 amide bonds. The molecule has 0 heterocycles. The van der Waals surface area contributed by atoms with Crippen LogP contribution in [0.4, 0.5) is 0 Å². The van der Waals surface area contributed by atoms with E-state index in [2.05, 4.69) is 34.6 Å². The predicted molar refractivity (Wildman–Crippen MR) is 57.6 cm³/mol. The third-order valence-corrected chi connectivity index (χ3v) is 5.67. The standard InChI is InChI=1S/C13H24/c1-9(2)11-8-10-6-7-13(11,5)12(10,3)4/h9-11H,6-8H2,1-5H3/t10-,11-,13+/m1/s1. The van der Waals surface area contributed by atoms with Crippen LogP contribution in [0.25, 0.3) is 0 Å². The van der Waals surface area contributed by atoms with Crippen molar-refractivity contribution in [1.29, 1.82) is 0 Å². The molecule has 0 aliphatic heterocycles. The van der Waals surface area contributed by atoms with Crippen LogP contribution in [0, 0.1) is 28.6 Å². The molecule has 2 rings (SSSR count). The maximum atomic E-state index is 2.55. The zero-order valence-electron chi connectivity index (χ0n) is 9.85. The number of hydrogen-bond acceptors (Lipinski definition) is 0. The molecule has 0 spiro atoms. The molecule has 0 radical (unpaired) electrons. The van der Waals surface area contributed by atoms with Crippen molar-refractivity contribution in [3.8, 4) is 0 Å². The van der Waals surface area contributed by atoms with Crippen molar-refractivity contribution in [2.24, 2.45) is 28.6 Å². The fourth-order valence-corrected chi connectivity index (χ4v) is 4.27. The van der Waals surface area contributed by atoms with E-state index in [1.165, 1.54) is 19.3 Å². The number of hydrogen-bond donors (Lipinski definition) is 0. The fourth-order valence-electron chi connectivity index (χ4n) is 4.27. The highest BCUT2D eigenvalue weighted by molar-refractivity contribution is 5.10. The topological polar surface area (TPSA) is 0 Å². The van der Waals surface area contributed by atoms with Crippen LogP contribution in [0.1, 0.15) is 53.9 Å². The minimum atomic E-state index is 0.613.